The molecule has 0 bridgehead atoms. The molecule has 0 saturated carbocycles. The van der Waals surface area contributed by atoms with Crippen molar-refractivity contribution in [3.8, 4) is 5.75 Å². The number of nitrogens with one attached hydrogen (secondary N) is 1. The van der Waals surface area contributed by atoms with Crippen LogP contribution in [0.4, 0.5) is 0 Å². The van der Waals surface area contributed by atoms with Gasteiger partial charge in [-0.15, -0.1) is 0 Å². The maximum absolute atomic E-state index is 5.90. The van der Waals surface area contributed by atoms with Gasteiger partial charge in [-0.2, -0.15) is 0 Å². The van der Waals surface area contributed by atoms with E-state index < -0.39 is 0 Å². The third-order valence-corrected chi connectivity index (χ3v) is 4.67. The van der Waals surface area contributed by atoms with Gasteiger partial charge in [-0.1, -0.05) is 31.5 Å². The Kier molecular flexibility index (Phi) is 5.28. The van der Waals surface area contributed by atoms with E-state index >= 15 is 0 Å². The third kappa shape index (κ3) is 3.78. The molecular weight excluding hydrogens is 262 g/mol. The van der Waals surface area contributed by atoms with Crippen LogP contribution in [0.5, 0.6) is 5.75 Å². The van der Waals surface area contributed by atoms with Gasteiger partial charge in [0, 0.05) is 24.6 Å². The quantitative estimate of drug-likeness (QED) is 0.872. The molecular formula is C18H29NO2. The van der Waals surface area contributed by atoms with Gasteiger partial charge in [0.25, 0.3) is 0 Å². The maximum atomic E-state index is 5.90. The largest absolute Gasteiger partial charge is 0.496 e. The highest BCUT2D eigenvalue weighted by Crippen LogP contribution is 2.40. The highest BCUT2D eigenvalue weighted by molar-refractivity contribution is 5.38. The van der Waals surface area contributed by atoms with E-state index in [-0.39, 0.29) is 11.5 Å². The van der Waals surface area contributed by atoms with E-state index in [1.165, 1.54) is 11.1 Å². The molecule has 1 fully saturated rings. The minimum absolute atomic E-state index is 0.158. The topological polar surface area (TPSA) is 30.5 Å². The Bertz CT molecular complexity index is 472. The summed E-state index contributed by atoms with van der Waals surface area (Å²) in [6.07, 6.45) is 2.37. The Morgan fingerprint density at radius 2 is 2.19 bits per heavy atom. The number of methoxy groups -OCH3 is 1. The molecule has 1 heterocycles. The Hall–Kier alpha value is -1.06. The van der Waals surface area contributed by atoms with Gasteiger partial charge in [0.15, 0.2) is 0 Å². The molecule has 0 spiro atoms. The van der Waals surface area contributed by atoms with E-state index in [0.29, 0.717) is 6.04 Å². The van der Waals surface area contributed by atoms with Crippen molar-refractivity contribution in [3.63, 3.8) is 0 Å². The predicted octanol–water partition coefficient (Wildman–Crippen LogP) is 3.34. The highest BCUT2D eigenvalue weighted by atomic mass is 16.5. The molecule has 3 nitrogen and oxygen atoms in total. The van der Waals surface area contributed by atoms with Crippen molar-refractivity contribution in [1.29, 1.82) is 0 Å². The first-order chi connectivity index (χ1) is 9.97. The molecule has 118 valence electrons. The number of rotatable bonds is 6. The fraction of sp³-hybridized carbons (Fsp3) is 0.667. The summed E-state index contributed by atoms with van der Waals surface area (Å²) in [5, 5.41) is 3.61. The number of ether oxygens (including phenoxy) is 2. The fourth-order valence-corrected chi connectivity index (χ4v) is 3.18. The van der Waals surface area contributed by atoms with Crippen molar-refractivity contribution in [2.24, 2.45) is 5.41 Å². The Balaban J connectivity index is 2.25. The van der Waals surface area contributed by atoms with Crippen LogP contribution in [0.15, 0.2) is 18.2 Å². The lowest BCUT2D eigenvalue weighted by Gasteiger charge is -2.34. The van der Waals surface area contributed by atoms with Crippen LogP contribution in [-0.4, -0.2) is 32.4 Å². The van der Waals surface area contributed by atoms with Gasteiger partial charge in [0.05, 0.1) is 13.2 Å². The monoisotopic (exact) mass is 291 g/mol. The van der Waals surface area contributed by atoms with Crippen LogP contribution < -0.4 is 10.1 Å². The van der Waals surface area contributed by atoms with Crippen molar-refractivity contribution < 1.29 is 9.47 Å². The van der Waals surface area contributed by atoms with Crippen molar-refractivity contribution in [2.75, 3.05) is 20.3 Å². The first kappa shape index (κ1) is 16.3. The number of aryl methyl sites for hydroxylation is 1. The van der Waals surface area contributed by atoms with Crippen LogP contribution >= 0.6 is 0 Å². The van der Waals surface area contributed by atoms with Gasteiger partial charge in [0.1, 0.15) is 5.75 Å². The molecule has 0 aliphatic carbocycles. The van der Waals surface area contributed by atoms with E-state index in [9.17, 15) is 0 Å². The van der Waals surface area contributed by atoms with Crippen LogP contribution in [0.2, 0.25) is 0 Å². The van der Waals surface area contributed by atoms with Crippen molar-refractivity contribution in [3.05, 3.63) is 29.3 Å². The van der Waals surface area contributed by atoms with Gasteiger partial charge in [-0.25, -0.2) is 0 Å². The predicted molar refractivity (Wildman–Crippen MR) is 87.0 cm³/mol. The van der Waals surface area contributed by atoms with Crippen LogP contribution in [-0.2, 0) is 11.2 Å². The first-order valence-electron chi connectivity index (χ1n) is 7.95. The Labute approximate surface area is 129 Å². The molecule has 1 aliphatic rings. The molecule has 0 radical (unpaired) electrons. The zero-order valence-electron chi connectivity index (χ0n) is 14.0. The Morgan fingerprint density at radius 1 is 1.43 bits per heavy atom. The third-order valence-electron chi connectivity index (χ3n) is 4.67. The van der Waals surface area contributed by atoms with Gasteiger partial charge in [0.2, 0.25) is 0 Å². The van der Waals surface area contributed by atoms with Crippen LogP contribution in [0, 0.1) is 12.3 Å². The summed E-state index contributed by atoms with van der Waals surface area (Å²) < 4.78 is 11.5. The normalized spacial score (nSPS) is 25.5. The molecule has 2 rings (SSSR count). The van der Waals surface area contributed by atoms with E-state index in [1.54, 1.807) is 7.11 Å². The molecule has 0 amide bonds. The van der Waals surface area contributed by atoms with E-state index in [1.807, 2.05) is 0 Å². The minimum Gasteiger partial charge on any atom is -0.496 e. The lowest BCUT2D eigenvalue weighted by Crippen LogP contribution is -2.43. The van der Waals surface area contributed by atoms with Crippen LogP contribution in [0.25, 0.3) is 0 Å². The zero-order valence-corrected chi connectivity index (χ0v) is 14.0. The summed E-state index contributed by atoms with van der Waals surface area (Å²) in [4.78, 5) is 0. The number of hydrogen-bond acceptors (Lipinski definition) is 3. The summed E-state index contributed by atoms with van der Waals surface area (Å²) in [6, 6.07) is 6.93. The summed E-state index contributed by atoms with van der Waals surface area (Å²) in [5.74, 6) is 0.989. The highest BCUT2D eigenvalue weighted by Gasteiger charge is 2.41. The lowest BCUT2D eigenvalue weighted by molar-refractivity contribution is 0.0618. The molecule has 1 aliphatic heterocycles. The molecule has 0 aromatic heterocycles. The molecule has 1 aromatic rings. The summed E-state index contributed by atoms with van der Waals surface area (Å²) in [5.41, 5.74) is 2.73. The number of benzene rings is 1. The second-order valence-electron chi connectivity index (χ2n) is 6.65. The lowest BCUT2D eigenvalue weighted by atomic mass is 9.75. The molecule has 1 aromatic carbocycles. The van der Waals surface area contributed by atoms with Crippen LogP contribution in [0.3, 0.4) is 0 Å². The second-order valence-corrected chi connectivity index (χ2v) is 6.65. The Morgan fingerprint density at radius 3 is 2.76 bits per heavy atom. The van der Waals surface area contributed by atoms with Gasteiger partial charge in [-0.05, 0) is 38.3 Å². The van der Waals surface area contributed by atoms with Gasteiger partial charge in [-0.3, -0.25) is 0 Å². The standard InChI is InChI=1S/C18H29NO2/c1-13(2)19-12-18(8-9-21-15(18)4)11-16-10-14(3)6-7-17(16)20-5/h6-7,10,13,15,19H,8-9,11-12H2,1-5H3. The molecule has 21 heavy (non-hydrogen) atoms. The van der Waals surface area contributed by atoms with Gasteiger partial charge >= 0.3 is 0 Å². The van der Waals surface area contributed by atoms with E-state index in [2.05, 4.69) is 51.2 Å². The zero-order chi connectivity index (χ0) is 15.5. The maximum Gasteiger partial charge on any atom is 0.122 e. The smallest absolute Gasteiger partial charge is 0.122 e. The average molecular weight is 291 g/mol. The second kappa shape index (κ2) is 6.80. The fourth-order valence-electron chi connectivity index (χ4n) is 3.18. The van der Waals surface area contributed by atoms with E-state index in [0.717, 1.165) is 31.7 Å². The average Bonchev–Trinajstić information content (AvgIpc) is 2.78. The van der Waals surface area contributed by atoms with Crippen molar-refractivity contribution in [1.82, 2.24) is 5.32 Å². The summed E-state index contributed by atoms with van der Waals surface area (Å²) in [6.45, 7) is 10.6. The van der Waals surface area contributed by atoms with Crippen LogP contribution in [0.1, 0.15) is 38.3 Å². The summed E-state index contributed by atoms with van der Waals surface area (Å²) >= 11 is 0. The van der Waals surface area contributed by atoms with Crippen molar-refractivity contribution >= 4 is 0 Å². The first-order valence-corrected chi connectivity index (χ1v) is 7.95. The summed E-state index contributed by atoms with van der Waals surface area (Å²) in [7, 11) is 1.75. The molecule has 2 atom stereocenters. The SMILES string of the molecule is COc1ccc(C)cc1CC1(CNC(C)C)CCOC1C. The van der Waals surface area contributed by atoms with E-state index in [4.69, 9.17) is 9.47 Å². The molecule has 3 heteroatoms. The molecule has 2 unspecified atom stereocenters. The number of hydrogen-bond donors (Lipinski definition) is 1. The minimum atomic E-state index is 0.158. The van der Waals surface area contributed by atoms with Crippen molar-refractivity contribution in [2.45, 2.75) is 52.7 Å². The molecule has 1 N–H and O–H groups in total. The molecule has 1 saturated heterocycles. The van der Waals surface area contributed by atoms with Gasteiger partial charge < -0.3 is 14.8 Å².